The Kier molecular flexibility index (Phi) is 4.13. The number of hydrogen-bond acceptors (Lipinski definition) is 0. The Bertz CT molecular complexity index is 2080. The van der Waals surface area contributed by atoms with Gasteiger partial charge in [-0.15, -0.1) is 0 Å². The van der Waals surface area contributed by atoms with Crippen LogP contribution in [0.1, 0.15) is 5.56 Å². The molecular formula is C37H24BN. The van der Waals surface area contributed by atoms with Crippen LogP contribution in [0.2, 0.25) is 0 Å². The number of rotatable bonds is 2. The average molecular weight is 493 g/mol. The van der Waals surface area contributed by atoms with Crippen molar-refractivity contribution in [1.82, 2.24) is 4.57 Å². The quantitative estimate of drug-likeness (QED) is 0.224. The monoisotopic (exact) mass is 493 g/mol. The molecular weight excluding hydrogens is 469 g/mol. The molecule has 180 valence electrons. The fourth-order valence-electron chi connectivity index (χ4n) is 7.26. The zero-order valence-electron chi connectivity index (χ0n) is 21.6. The van der Waals surface area contributed by atoms with Crippen LogP contribution >= 0.6 is 0 Å². The molecule has 0 saturated carbocycles. The Labute approximate surface area is 228 Å². The summed E-state index contributed by atoms with van der Waals surface area (Å²) in [6.07, 6.45) is 0. The molecule has 0 aliphatic carbocycles. The van der Waals surface area contributed by atoms with Gasteiger partial charge in [0.2, 0.25) is 6.71 Å². The molecule has 1 nitrogen and oxygen atoms in total. The van der Waals surface area contributed by atoms with Crippen LogP contribution in [0.3, 0.4) is 0 Å². The van der Waals surface area contributed by atoms with Gasteiger partial charge in [0.1, 0.15) is 0 Å². The lowest BCUT2D eigenvalue weighted by molar-refractivity contribution is 1.18. The molecule has 9 rings (SSSR count). The number of nitrogens with zero attached hydrogens (tertiary/aromatic N) is 1. The van der Waals surface area contributed by atoms with Gasteiger partial charge in [-0.2, -0.15) is 0 Å². The number of aryl methyl sites for hydroxylation is 1. The van der Waals surface area contributed by atoms with Crippen molar-refractivity contribution in [2.24, 2.45) is 0 Å². The molecule has 1 aromatic heterocycles. The first-order valence-corrected chi connectivity index (χ1v) is 13.7. The minimum Gasteiger partial charge on any atom is -0.309 e. The Morgan fingerprint density at radius 3 is 1.90 bits per heavy atom. The molecule has 39 heavy (non-hydrogen) atoms. The first-order chi connectivity index (χ1) is 19.3. The minimum absolute atomic E-state index is 0.288. The average Bonchev–Trinajstić information content (AvgIpc) is 3.61. The smallest absolute Gasteiger partial charge is 0.244 e. The lowest BCUT2D eigenvalue weighted by Gasteiger charge is -2.14. The van der Waals surface area contributed by atoms with Crippen molar-refractivity contribution in [2.45, 2.75) is 6.92 Å². The summed E-state index contributed by atoms with van der Waals surface area (Å²) < 4.78 is 2.43. The highest BCUT2D eigenvalue weighted by atomic mass is 15.0. The number of aromatic nitrogens is 1. The summed E-state index contributed by atoms with van der Waals surface area (Å²) in [6, 6.07) is 47.3. The fourth-order valence-corrected chi connectivity index (χ4v) is 7.26. The van der Waals surface area contributed by atoms with Gasteiger partial charge in [0.25, 0.3) is 0 Å². The molecule has 0 amide bonds. The number of fused-ring (bicyclic) bond motifs is 9. The molecule has 0 spiro atoms. The Morgan fingerprint density at radius 2 is 1.15 bits per heavy atom. The second-order valence-corrected chi connectivity index (χ2v) is 11.0. The van der Waals surface area contributed by atoms with Gasteiger partial charge in [0.05, 0.1) is 11.0 Å². The van der Waals surface area contributed by atoms with Crippen LogP contribution in [-0.2, 0) is 0 Å². The molecule has 0 N–H and O–H groups in total. The topological polar surface area (TPSA) is 4.93 Å². The SMILES string of the molecule is Cc1cc2c3c(c1)-c1cc(-n4c5ccccc5c5ccccc54)ccc1B3c1cc(-c3ccccc3)ccc1-2. The molecule has 2 aliphatic heterocycles. The summed E-state index contributed by atoms with van der Waals surface area (Å²) >= 11 is 0. The third-order valence-corrected chi connectivity index (χ3v) is 8.85. The highest BCUT2D eigenvalue weighted by Gasteiger charge is 2.42. The molecule has 0 saturated heterocycles. The Morgan fingerprint density at radius 1 is 0.487 bits per heavy atom. The highest BCUT2D eigenvalue weighted by molar-refractivity contribution is 7.02. The lowest BCUT2D eigenvalue weighted by Crippen LogP contribution is -2.45. The summed E-state index contributed by atoms with van der Waals surface area (Å²) in [7, 11) is 0. The van der Waals surface area contributed by atoms with Crippen LogP contribution in [0, 0.1) is 6.92 Å². The molecule has 2 aliphatic rings. The van der Waals surface area contributed by atoms with Gasteiger partial charge in [0.15, 0.2) is 0 Å². The molecule has 0 bridgehead atoms. The molecule has 0 fully saturated rings. The van der Waals surface area contributed by atoms with Gasteiger partial charge < -0.3 is 4.57 Å². The normalized spacial score (nSPS) is 12.7. The van der Waals surface area contributed by atoms with Gasteiger partial charge in [-0.05, 0) is 70.1 Å². The highest BCUT2D eigenvalue weighted by Crippen LogP contribution is 2.38. The first-order valence-electron chi connectivity index (χ1n) is 13.7. The summed E-state index contributed by atoms with van der Waals surface area (Å²) in [5.74, 6) is 0. The number of hydrogen-bond donors (Lipinski definition) is 0. The molecule has 3 heterocycles. The molecule has 0 unspecified atom stereocenters. The van der Waals surface area contributed by atoms with Crippen LogP contribution in [0.4, 0.5) is 0 Å². The van der Waals surface area contributed by atoms with Crippen molar-refractivity contribution in [3.05, 3.63) is 133 Å². The van der Waals surface area contributed by atoms with E-state index in [-0.39, 0.29) is 6.71 Å². The van der Waals surface area contributed by atoms with Crippen molar-refractivity contribution in [2.75, 3.05) is 0 Å². The van der Waals surface area contributed by atoms with Gasteiger partial charge in [-0.3, -0.25) is 0 Å². The zero-order valence-corrected chi connectivity index (χ0v) is 21.6. The van der Waals surface area contributed by atoms with E-state index in [2.05, 4.69) is 139 Å². The van der Waals surface area contributed by atoms with Crippen molar-refractivity contribution >= 4 is 44.9 Å². The van der Waals surface area contributed by atoms with Gasteiger partial charge in [-0.25, -0.2) is 0 Å². The van der Waals surface area contributed by atoms with Gasteiger partial charge in [-0.1, -0.05) is 120 Å². The maximum absolute atomic E-state index is 2.43. The predicted molar refractivity (Wildman–Crippen MR) is 166 cm³/mol. The van der Waals surface area contributed by atoms with Gasteiger partial charge >= 0.3 is 0 Å². The van der Waals surface area contributed by atoms with Crippen molar-refractivity contribution in [3.63, 3.8) is 0 Å². The maximum Gasteiger partial charge on any atom is 0.244 e. The molecule has 0 radical (unpaired) electrons. The minimum atomic E-state index is 0.288. The second-order valence-electron chi connectivity index (χ2n) is 11.0. The van der Waals surface area contributed by atoms with E-state index in [0.29, 0.717) is 0 Å². The summed E-state index contributed by atoms with van der Waals surface area (Å²) in [5.41, 5.74) is 17.5. The molecule has 7 aromatic rings. The molecule has 0 atom stereocenters. The zero-order chi connectivity index (χ0) is 25.7. The van der Waals surface area contributed by atoms with Crippen molar-refractivity contribution in [1.29, 1.82) is 0 Å². The first kappa shape index (κ1) is 21.2. The van der Waals surface area contributed by atoms with Crippen molar-refractivity contribution in [3.8, 4) is 39.1 Å². The van der Waals surface area contributed by atoms with Crippen molar-refractivity contribution < 1.29 is 0 Å². The summed E-state index contributed by atoms with van der Waals surface area (Å²) in [4.78, 5) is 0. The van der Waals surface area contributed by atoms with Crippen LogP contribution in [0.25, 0.3) is 60.9 Å². The number of para-hydroxylation sites is 2. The van der Waals surface area contributed by atoms with Crippen LogP contribution in [-0.4, -0.2) is 11.3 Å². The van der Waals surface area contributed by atoms with Gasteiger partial charge in [0, 0.05) is 16.5 Å². The molecule has 6 aromatic carbocycles. The fraction of sp³-hybridized carbons (Fsp3) is 0.0270. The Hall–Kier alpha value is -4.82. The van der Waals surface area contributed by atoms with E-state index >= 15 is 0 Å². The largest absolute Gasteiger partial charge is 0.309 e. The van der Waals surface area contributed by atoms with E-state index < -0.39 is 0 Å². The van der Waals surface area contributed by atoms with Crippen LogP contribution in [0.15, 0.2) is 127 Å². The maximum atomic E-state index is 2.43. The molecule has 2 heteroatoms. The van der Waals surface area contributed by atoms with E-state index in [1.54, 1.807) is 0 Å². The van der Waals surface area contributed by atoms with Crippen LogP contribution in [0.5, 0.6) is 0 Å². The van der Waals surface area contributed by atoms with E-state index in [1.165, 1.54) is 82.8 Å². The third-order valence-electron chi connectivity index (χ3n) is 8.85. The standard InChI is InChI=1S/C37H24BN/c1-23-19-31-27-17-15-25(24-9-3-2-4-10-24)21-34(27)38-33-18-16-26(22-30(33)32(20-23)37(31)38)39-35-13-7-5-11-28(35)29-12-6-8-14-36(29)39/h2-22H,1H3. The van der Waals surface area contributed by atoms with E-state index in [4.69, 9.17) is 0 Å². The van der Waals surface area contributed by atoms with E-state index in [0.717, 1.165) is 0 Å². The van der Waals surface area contributed by atoms with E-state index in [9.17, 15) is 0 Å². The summed E-state index contributed by atoms with van der Waals surface area (Å²) in [6.45, 7) is 2.52. The Balaban J connectivity index is 1.29. The number of benzene rings is 6. The third kappa shape index (κ3) is 2.81. The lowest BCUT2D eigenvalue weighted by atomic mass is 9.41. The summed E-state index contributed by atoms with van der Waals surface area (Å²) in [5, 5.41) is 2.60. The van der Waals surface area contributed by atoms with Crippen LogP contribution < -0.4 is 16.4 Å². The van der Waals surface area contributed by atoms with E-state index in [1.807, 2.05) is 0 Å². The predicted octanol–water partition coefficient (Wildman–Crippen LogP) is 7.24. The second kappa shape index (κ2) is 7.62.